The maximum atomic E-state index is 12.2. The monoisotopic (exact) mass is 364 g/mol. The van der Waals surface area contributed by atoms with Gasteiger partial charge in [0.15, 0.2) is 0 Å². The van der Waals surface area contributed by atoms with E-state index in [4.69, 9.17) is 9.15 Å². The van der Waals surface area contributed by atoms with Crippen LogP contribution in [0.25, 0.3) is 6.08 Å². The van der Waals surface area contributed by atoms with Crippen molar-refractivity contribution in [2.75, 3.05) is 0 Å². The van der Waals surface area contributed by atoms with Gasteiger partial charge in [0.2, 0.25) is 5.78 Å². The lowest BCUT2D eigenvalue weighted by Crippen LogP contribution is -2.03. The maximum absolute atomic E-state index is 12.2. The molecule has 0 N–H and O–H groups in total. The van der Waals surface area contributed by atoms with E-state index in [1.165, 1.54) is 11.6 Å². The van der Waals surface area contributed by atoms with Gasteiger partial charge in [0.25, 0.3) is 0 Å². The smallest absolute Gasteiger partial charge is 0.203 e. The molecule has 0 saturated carbocycles. The second kappa shape index (κ2) is 8.08. The highest BCUT2D eigenvalue weighted by atomic mass is 16.5. The number of aromatic nitrogens is 2. The zero-order valence-corrected chi connectivity index (χ0v) is 16.1. The molecule has 0 aliphatic rings. The van der Waals surface area contributed by atoms with Gasteiger partial charge in [-0.1, -0.05) is 26.0 Å². The quantitative estimate of drug-likeness (QED) is 0.441. The van der Waals surface area contributed by atoms with Gasteiger partial charge in [0, 0.05) is 7.05 Å². The Morgan fingerprint density at radius 1 is 1.22 bits per heavy atom. The van der Waals surface area contributed by atoms with Crippen LogP contribution in [0, 0.1) is 6.92 Å². The molecule has 5 heteroatoms. The molecule has 0 atom stereocenters. The van der Waals surface area contributed by atoms with Gasteiger partial charge in [-0.25, -0.2) is 0 Å². The fourth-order valence-electron chi connectivity index (χ4n) is 2.75. The van der Waals surface area contributed by atoms with E-state index < -0.39 is 0 Å². The minimum atomic E-state index is -0.113. The van der Waals surface area contributed by atoms with Crippen LogP contribution in [-0.2, 0) is 13.7 Å². The van der Waals surface area contributed by atoms with Crippen LogP contribution in [0.3, 0.4) is 0 Å². The summed E-state index contributed by atoms with van der Waals surface area (Å²) in [7, 11) is 1.75. The molecular formula is C22H24N2O3. The van der Waals surface area contributed by atoms with Crippen LogP contribution in [0.4, 0.5) is 0 Å². The number of hydrogen-bond acceptors (Lipinski definition) is 4. The molecule has 0 bridgehead atoms. The Bertz CT molecular complexity index is 946. The Kier molecular flexibility index (Phi) is 5.60. The molecule has 3 rings (SSSR count). The molecule has 0 saturated heterocycles. The fraction of sp³-hybridized carbons (Fsp3) is 0.273. The van der Waals surface area contributed by atoms with Crippen molar-refractivity contribution in [3.05, 3.63) is 77.0 Å². The third-order valence-corrected chi connectivity index (χ3v) is 4.26. The summed E-state index contributed by atoms with van der Waals surface area (Å²) in [5.74, 6) is 2.49. The van der Waals surface area contributed by atoms with E-state index in [1.807, 2.05) is 31.2 Å². The van der Waals surface area contributed by atoms with Crippen LogP contribution >= 0.6 is 0 Å². The average Bonchev–Trinajstić information content (AvgIpc) is 3.24. The van der Waals surface area contributed by atoms with Crippen molar-refractivity contribution in [1.82, 2.24) is 9.78 Å². The minimum absolute atomic E-state index is 0.113. The van der Waals surface area contributed by atoms with Crippen LogP contribution in [0.1, 0.15) is 53.0 Å². The number of hydrogen-bond donors (Lipinski definition) is 0. The van der Waals surface area contributed by atoms with E-state index in [2.05, 4.69) is 31.1 Å². The van der Waals surface area contributed by atoms with Gasteiger partial charge in [-0.2, -0.15) is 5.10 Å². The molecule has 0 aliphatic heterocycles. The van der Waals surface area contributed by atoms with Crippen molar-refractivity contribution in [3.63, 3.8) is 0 Å². The number of rotatable bonds is 7. The summed E-state index contributed by atoms with van der Waals surface area (Å²) >= 11 is 0. The summed E-state index contributed by atoms with van der Waals surface area (Å²) in [4.78, 5) is 12.2. The molecule has 5 nitrogen and oxygen atoms in total. The molecule has 0 aliphatic carbocycles. The SMILES string of the molecule is Cc1cc(C(=O)/C=C/c2ccc(COc3ccc(C(C)C)cc3)o2)n(C)n1. The summed E-state index contributed by atoms with van der Waals surface area (Å²) in [5.41, 5.74) is 2.64. The zero-order chi connectivity index (χ0) is 19.4. The Morgan fingerprint density at radius 3 is 2.59 bits per heavy atom. The standard InChI is InChI=1S/C22H24N2O3/c1-15(2)17-5-7-18(8-6-17)26-14-20-10-9-19(27-20)11-12-22(25)21-13-16(3)23-24(21)4/h5-13,15H,14H2,1-4H3/b12-11+. The first-order valence-electron chi connectivity index (χ1n) is 8.97. The molecule has 2 aromatic heterocycles. The van der Waals surface area contributed by atoms with Crippen molar-refractivity contribution in [3.8, 4) is 5.75 Å². The van der Waals surface area contributed by atoms with Crippen LogP contribution in [0.5, 0.6) is 5.75 Å². The lowest BCUT2D eigenvalue weighted by molar-refractivity contribution is 0.103. The third-order valence-electron chi connectivity index (χ3n) is 4.26. The lowest BCUT2D eigenvalue weighted by Gasteiger charge is -2.07. The summed E-state index contributed by atoms with van der Waals surface area (Å²) in [6.07, 6.45) is 3.15. The van der Waals surface area contributed by atoms with E-state index in [0.717, 1.165) is 11.4 Å². The number of allylic oxidation sites excluding steroid dienone is 1. The van der Waals surface area contributed by atoms with Crippen LogP contribution in [-0.4, -0.2) is 15.6 Å². The van der Waals surface area contributed by atoms with Gasteiger partial charge in [-0.15, -0.1) is 0 Å². The summed E-state index contributed by atoms with van der Waals surface area (Å²) in [5, 5.41) is 4.18. The fourth-order valence-corrected chi connectivity index (χ4v) is 2.75. The van der Waals surface area contributed by atoms with Crippen LogP contribution in [0.2, 0.25) is 0 Å². The molecular weight excluding hydrogens is 340 g/mol. The van der Waals surface area contributed by atoms with E-state index in [-0.39, 0.29) is 5.78 Å². The van der Waals surface area contributed by atoms with Gasteiger partial charge < -0.3 is 9.15 Å². The van der Waals surface area contributed by atoms with Crippen LogP contribution < -0.4 is 4.74 Å². The molecule has 3 aromatic rings. The van der Waals surface area contributed by atoms with Gasteiger partial charge in [0.05, 0.1) is 5.69 Å². The Labute approximate surface area is 159 Å². The van der Waals surface area contributed by atoms with E-state index in [9.17, 15) is 4.79 Å². The summed E-state index contributed by atoms with van der Waals surface area (Å²) < 4.78 is 13.0. The highest BCUT2D eigenvalue weighted by molar-refractivity contribution is 6.05. The Balaban J connectivity index is 1.58. The molecule has 0 fully saturated rings. The molecule has 0 unspecified atom stereocenters. The number of ether oxygens (including phenoxy) is 1. The van der Waals surface area contributed by atoms with Gasteiger partial charge in [-0.3, -0.25) is 9.48 Å². The predicted molar refractivity (Wildman–Crippen MR) is 105 cm³/mol. The second-order valence-electron chi connectivity index (χ2n) is 6.81. The maximum Gasteiger partial charge on any atom is 0.203 e. The predicted octanol–water partition coefficient (Wildman–Crippen LogP) is 4.92. The summed E-state index contributed by atoms with van der Waals surface area (Å²) in [6, 6.07) is 13.5. The van der Waals surface area contributed by atoms with Gasteiger partial charge >= 0.3 is 0 Å². The topological polar surface area (TPSA) is 57.3 Å². The summed E-state index contributed by atoms with van der Waals surface area (Å²) in [6.45, 7) is 6.52. The number of furan rings is 1. The number of aryl methyl sites for hydroxylation is 2. The third kappa shape index (κ3) is 4.76. The molecule has 27 heavy (non-hydrogen) atoms. The molecule has 0 radical (unpaired) electrons. The average molecular weight is 364 g/mol. The van der Waals surface area contributed by atoms with E-state index >= 15 is 0 Å². The molecule has 0 spiro atoms. The lowest BCUT2D eigenvalue weighted by atomic mass is 10.0. The van der Waals surface area contributed by atoms with E-state index in [1.54, 1.807) is 23.9 Å². The van der Waals surface area contributed by atoms with Gasteiger partial charge in [0.1, 0.15) is 29.6 Å². The minimum Gasteiger partial charge on any atom is -0.486 e. The largest absolute Gasteiger partial charge is 0.486 e. The van der Waals surface area contributed by atoms with E-state index in [0.29, 0.717) is 29.7 Å². The van der Waals surface area contributed by atoms with Crippen molar-refractivity contribution >= 4 is 11.9 Å². The zero-order valence-electron chi connectivity index (χ0n) is 16.1. The van der Waals surface area contributed by atoms with Crippen molar-refractivity contribution in [2.24, 2.45) is 7.05 Å². The van der Waals surface area contributed by atoms with Crippen molar-refractivity contribution in [1.29, 1.82) is 0 Å². The van der Waals surface area contributed by atoms with Crippen molar-refractivity contribution in [2.45, 2.75) is 33.3 Å². The Hall–Kier alpha value is -3.08. The highest BCUT2D eigenvalue weighted by Crippen LogP contribution is 2.20. The highest BCUT2D eigenvalue weighted by Gasteiger charge is 2.09. The number of benzene rings is 1. The number of nitrogens with zero attached hydrogens (tertiary/aromatic N) is 2. The number of ketones is 1. The number of carbonyl (C=O) groups excluding carboxylic acids is 1. The number of carbonyl (C=O) groups is 1. The normalized spacial score (nSPS) is 11.4. The Morgan fingerprint density at radius 2 is 1.96 bits per heavy atom. The van der Waals surface area contributed by atoms with Crippen LogP contribution in [0.15, 0.2) is 53.0 Å². The molecule has 1 aromatic carbocycles. The first-order valence-corrected chi connectivity index (χ1v) is 8.97. The molecule has 0 amide bonds. The molecule has 140 valence electrons. The second-order valence-corrected chi connectivity index (χ2v) is 6.81. The molecule has 2 heterocycles. The van der Waals surface area contributed by atoms with Crippen molar-refractivity contribution < 1.29 is 13.9 Å². The first-order chi connectivity index (χ1) is 12.9. The first kappa shape index (κ1) is 18.7. The van der Waals surface area contributed by atoms with Gasteiger partial charge in [-0.05, 0) is 60.9 Å².